The first-order valence-electron chi connectivity index (χ1n) is 6.03. The fraction of sp³-hybridized carbons (Fsp3) is 0.538. The van der Waals surface area contributed by atoms with Gasteiger partial charge in [-0.2, -0.15) is 11.8 Å². The van der Waals surface area contributed by atoms with Gasteiger partial charge in [0.1, 0.15) is 15.6 Å². The fourth-order valence-electron chi connectivity index (χ4n) is 1.62. The minimum Gasteiger partial charge on any atom is -0.497 e. The molecule has 0 heterocycles. The summed E-state index contributed by atoms with van der Waals surface area (Å²) >= 11 is 1.64. The smallest absolute Gasteiger partial charge is 0.148 e. The summed E-state index contributed by atoms with van der Waals surface area (Å²) in [5.74, 6) is 2.52. The molecule has 1 atom stereocenters. The monoisotopic (exact) mass is 303 g/mol. The number of benzene rings is 1. The van der Waals surface area contributed by atoms with Crippen LogP contribution in [0.1, 0.15) is 11.6 Å². The van der Waals surface area contributed by atoms with Gasteiger partial charge in [0.05, 0.1) is 12.9 Å². The average Bonchev–Trinajstić information content (AvgIpc) is 2.37. The van der Waals surface area contributed by atoms with E-state index in [9.17, 15) is 8.42 Å². The van der Waals surface area contributed by atoms with Crippen molar-refractivity contribution in [3.05, 3.63) is 29.8 Å². The van der Waals surface area contributed by atoms with Crippen molar-refractivity contribution in [2.24, 2.45) is 0 Å². The van der Waals surface area contributed by atoms with Crippen LogP contribution in [-0.4, -0.2) is 46.1 Å². The Kier molecular flexibility index (Phi) is 6.68. The largest absolute Gasteiger partial charge is 0.497 e. The van der Waals surface area contributed by atoms with Crippen LogP contribution in [0.2, 0.25) is 0 Å². The van der Waals surface area contributed by atoms with Gasteiger partial charge in [-0.3, -0.25) is 0 Å². The lowest BCUT2D eigenvalue weighted by atomic mass is 10.1. The van der Waals surface area contributed by atoms with Crippen molar-refractivity contribution in [3.8, 4) is 5.75 Å². The SMILES string of the molecule is CNC(CSCCS(C)(=O)=O)c1cccc(OC)c1. The minimum absolute atomic E-state index is 0.194. The van der Waals surface area contributed by atoms with E-state index >= 15 is 0 Å². The zero-order valence-electron chi connectivity index (χ0n) is 11.5. The molecule has 0 aromatic heterocycles. The number of hydrogen-bond acceptors (Lipinski definition) is 5. The Morgan fingerprint density at radius 1 is 1.42 bits per heavy atom. The van der Waals surface area contributed by atoms with Crippen LogP contribution in [0.3, 0.4) is 0 Å². The molecule has 0 saturated carbocycles. The molecule has 0 fully saturated rings. The molecule has 0 bridgehead atoms. The maximum absolute atomic E-state index is 11.1. The van der Waals surface area contributed by atoms with E-state index in [4.69, 9.17) is 4.74 Å². The topological polar surface area (TPSA) is 55.4 Å². The highest BCUT2D eigenvalue weighted by molar-refractivity contribution is 8.00. The fourth-order valence-corrected chi connectivity index (χ4v) is 4.06. The summed E-state index contributed by atoms with van der Waals surface area (Å²) in [4.78, 5) is 0. The Labute approximate surface area is 119 Å². The summed E-state index contributed by atoms with van der Waals surface area (Å²) in [6, 6.07) is 8.10. The summed E-state index contributed by atoms with van der Waals surface area (Å²) in [5, 5.41) is 3.24. The van der Waals surface area contributed by atoms with E-state index in [1.165, 1.54) is 6.26 Å². The van der Waals surface area contributed by atoms with Gasteiger partial charge in [0.15, 0.2) is 0 Å². The predicted molar refractivity (Wildman–Crippen MR) is 81.8 cm³/mol. The molecule has 1 N–H and O–H groups in total. The molecule has 0 saturated heterocycles. The molecule has 0 spiro atoms. The molecule has 6 heteroatoms. The van der Waals surface area contributed by atoms with Crippen LogP contribution in [-0.2, 0) is 9.84 Å². The van der Waals surface area contributed by atoms with Crippen molar-refractivity contribution >= 4 is 21.6 Å². The highest BCUT2D eigenvalue weighted by Crippen LogP contribution is 2.22. The molecule has 19 heavy (non-hydrogen) atoms. The summed E-state index contributed by atoms with van der Waals surface area (Å²) in [6.45, 7) is 0. The van der Waals surface area contributed by atoms with Gasteiger partial charge in [0.25, 0.3) is 0 Å². The lowest BCUT2D eigenvalue weighted by molar-refractivity contribution is 0.413. The lowest BCUT2D eigenvalue weighted by Crippen LogP contribution is -2.19. The molecule has 0 aliphatic carbocycles. The zero-order chi connectivity index (χ0) is 14.3. The number of hydrogen-bond donors (Lipinski definition) is 1. The van der Waals surface area contributed by atoms with Gasteiger partial charge >= 0.3 is 0 Å². The van der Waals surface area contributed by atoms with E-state index in [1.807, 2.05) is 31.3 Å². The minimum atomic E-state index is -2.87. The van der Waals surface area contributed by atoms with E-state index < -0.39 is 9.84 Å². The number of thioether (sulfide) groups is 1. The van der Waals surface area contributed by atoms with Gasteiger partial charge in [-0.15, -0.1) is 0 Å². The highest BCUT2D eigenvalue weighted by atomic mass is 32.2. The van der Waals surface area contributed by atoms with E-state index in [0.29, 0.717) is 5.75 Å². The molecule has 0 aliphatic heterocycles. The molecule has 1 aromatic rings. The van der Waals surface area contributed by atoms with E-state index in [0.717, 1.165) is 17.1 Å². The second-order valence-corrected chi connectivity index (χ2v) is 7.73. The molecule has 4 nitrogen and oxygen atoms in total. The van der Waals surface area contributed by atoms with Crippen LogP contribution in [0.15, 0.2) is 24.3 Å². The Morgan fingerprint density at radius 2 is 2.16 bits per heavy atom. The Hall–Kier alpha value is -0.720. The number of ether oxygens (including phenoxy) is 1. The predicted octanol–water partition coefficient (Wildman–Crippen LogP) is 1.73. The van der Waals surface area contributed by atoms with Gasteiger partial charge in [-0.1, -0.05) is 12.1 Å². The molecule has 1 unspecified atom stereocenters. The first kappa shape index (κ1) is 16.3. The Morgan fingerprint density at radius 3 is 2.74 bits per heavy atom. The number of sulfone groups is 1. The highest BCUT2D eigenvalue weighted by Gasteiger charge is 2.11. The van der Waals surface area contributed by atoms with Crippen molar-refractivity contribution in [1.82, 2.24) is 5.32 Å². The van der Waals surface area contributed by atoms with Crippen molar-refractivity contribution in [2.45, 2.75) is 6.04 Å². The van der Waals surface area contributed by atoms with Crippen LogP contribution in [0.25, 0.3) is 0 Å². The molecular weight excluding hydrogens is 282 g/mol. The van der Waals surface area contributed by atoms with E-state index in [2.05, 4.69) is 5.32 Å². The zero-order valence-corrected chi connectivity index (χ0v) is 13.2. The van der Waals surface area contributed by atoms with Crippen molar-refractivity contribution < 1.29 is 13.2 Å². The quantitative estimate of drug-likeness (QED) is 0.741. The van der Waals surface area contributed by atoms with Crippen molar-refractivity contribution in [2.75, 3.05) is 37.7 Å². The van der Waals surface area contributed by atoms with Crippen molar-refractivity contribution in [3.63, 3.8) is 0 Å². The third kappa shape index (κ3) is 6.31. The van der Waals surface area contributed by atoms with Gasteiger partial charge in [0.2, 0.25) is 0 Å². The second-order valence-electron chi connectivity index (χ2n) is 4.32. The average molecular weight is 303 g/mol. The third-order valence-corrected chi connectivity index (χ3v) is 4.99. The normalized spacial score (nSPS) is 13.2. The first-order chi connectivity index (χ1) is 8.96. The number of methoxy groups -OCH3 is 1. The van der Waals surface area contributed by atoms with Crippen LogP contribution in [0.4, 0.5) is 0 Å². The summed E-state index contributed by atoms with van der Waals surface area (Å²) < 4.78 is 27.3. The lowest BCUT2D eigenvalue weighted by Gasteiger charge is -2.17. The standard InChI is InChI=1S/C13H21NO3S2/c1-14-13(10-18-7-8-19(3,15)16)11-5-4-6-12(9-11)17-2/h4-6,9,13-14H,7-8,10H2,1-3H3. The number of rotatable bonds is 8. The Balaban J connectivity index is 2.53. The second kappa shape index (κ2) is 7.77. The molecule has 1 rings (SSSR count). The van der Waals surface area contributed by atoms with Gasteiger partial charge in [0, 0.05) is 23.8 Å². The maximum atomic E-state index is 11.1. The van der Waals surface area contributed by atoms with E-state index in [-0.39, 0.29) is 11.8 Å². The van der Waals surface area contributed by atoms with Crippen molar-refractivity contribution in [1.29, 1.82) is 0 Å². The molecule has 0 amide bonds. The van der Waals surface area contributed by atoms with Crippen LogP contribution < -0.4 is 10.1 Å². The Bertz CT molecular complexity index is 488. The van der Waals surface area contributed by atoms with Crippen LogP contribution in [0, 0.1) is 0 Å². The van der Waals surface area contributed by atoms with Gasteiger partial charge in [-0.25, -0.2) is 8.42 Å². The summed E-state index contributed by atoms with van der Waals surface area (Å²) in [7, 11) is 0.686. The van der Waals surface area contributed by atoms with Gasteiger partial charge < -0.3 is 10.1 Å². The number of nitrogens with one attached hydrogen (secondary N) is 1. The summed E-state index contributed by atoms with van der Waals surface area (Å²) in [5.41, 5.74) is 1.15. The first-order valence-corrected chi connectivity index (χ1v) is 9.24. The summed E-state index contributed by atoms with van der Waals surface area (Å²) in [6.07, 6.45) is 1.27. The molecule has 1 aromatic carbocycles. The van der Waals surface area contributed by atoms with Crippen LogP contribution >= 0.6 is 11.8 Å². The maximum Gasteiger partial charge on any atom is 0.148 e. The molecule has 108 valence electrons. The van der Waals surface area contributed by atoms with Gasteiger partial charge in [-0.05, 0) is 24.7 Å². The van der Waals surface area contributed by atoms with Crippen LogP contribution in [0.5, 0.6) is 5.75 Å². The molecule has 0 aliphatic rings. The third-order valence-electron chi connectivity index (χ3n) is 2.73. The molecular formula is C13H21NO3S2. The van der Waals surface area contributed by atoms with E-state index in [1.54, 1.807) is 18.9 Å². The molecule has 0 radical (unpaired) electrons.